The molecule has 0 saturated heterocycles. The van der Waals surface area contributed by atoms with E-state index >= 15 is 0 Å². The average molecular weight is 264 g/mol. The average Bonchev–Trinajstić information content (AvgIpc) is 2.91. The van der Waals surface area contributed by atoms with Gasteiger partial charge in [0.1, 0.15) is 6.33 Å². The second kappa shape index (κ2) is 5.76. The van der Waals surface area contributed by atoms with Crippen molar-refractivity contribution >= 4 is 11.5 Å². The van der Waals surface area contributed by atoms with E-state index < -0.39 is 4.92 Å². The quantitative estimate of drug-likeness (QED) is 0.604. The Bertz CT molecular complexity index is 556. The Morgan fingerprint density at radius 1 is 1.53 bits per heavy atom. The zero-order chi connectivity index (χ0) is 13.7. The Hall–Kier alpha value is -2.71. The molecule has 0 bridgehead atoms. The third-order valence-electron chi connectivity index (χ3n) is 2.39. The summed E-state index contributed by atoms with van der Waals surface area (Å²) >= 11 is 0. The van der Waals surface area contributed by atoms with Crippen LogP contribution < -0.4 is 10.1 Å². The van der Waals surface area contributed by atoms with Crippen LogP contribution in [-0.2, 0) is 6.54 Å². The highest BCUT2D eigenvalue weighted by Crippen LogP contribution is 2.29. The van der Waals surface area contributed by atoms with Crippen molar-refractivity contribution in [1.82, 2.24) is 19.5 Å². The van der Waals surface area contributed by atoms with Gasteiger partial charge in [-0.15, -0.1) is 0 Å². The van der Waals surface area contributed by atoms with Gasteiger partial charge in [-0.2, -0.15) is 4.98 Å². The molecule has 0 aliphatic rings. The van der Waals surface area contributed by atoms with Crippen LogP contribution in [0.15, 0.2) is 25.0 Å². The molecule has 0 aliphatic heterocycles. The van der Waals surface area contributed by atoms with Crippen LogP contribution in [0.1, 0.15) is 0 Å². The molecule has 100 valence electrons. The fourth-order valence-electron chi connectivity index (χ4n) is 1.53. The second-order valence-corrected chi connectivity index (χ2v) is 3.56. The molecule has 1 N–H and O–H groups in total. The molecule has 0 atom stereocenters. The molecule has 0 radical (unpaired) electrons. The summed E-state index contributed by atoms with van der Waals surface area (Å²) in [5.41, 5.74) is -0.268. The third-order valence-corrected chi connectivity index (χ3v) is 2.39. The summed E-state index contributed by atoms with van der Waals surface area (Å²) in [4.78, 5) is 21.9. The number of nitrogens with zero attached hydrogens (tertiary/aromatic N) is 5. The Labute approximate surface area is 108 Å². The lowest BCUT2D eigenvalue weighted by Gasteiger charge is -2.07. The molecule has 0 spiro atoms. The van der Waals surface area contributed by atoms with Crippen molar-refractivity contribution in [1.29, 1.82) is 0 Å². The smallest absolute Gasteiger partial charge is 0.372 e. The summed E-state index contributed by atoms with van der Waals surface area (Å²) in [6.45, 7) is 1.08. The Balaban J connectivity index is 2.09. The number of hydrogen-bond donors (Lipinski definition) is 1. The lowest BCUT2D eigenvalue weighted by Crippen LogP contribution is -2.12. The molecule has 0 aromatic carbocycles. The Morgan fingerprint density at radius 3 is 3.00 bits per heavy atom. The predicted molar refractivity (Wildman–Crippen MR) is 66.0 cm³/mol. The van der Waals surface area contributed by atoms with E-state index in [9.17, 15) is 10.1 Å². The fourth-order valence-corrected chi connectivity index (χ4v) is 1.53. The van der Waals surface area contributed by atoms with Crippen LogP contribution in [0.3, 0.4) is 0 Å². The first kappa shape index (κ1) is 12.7. The van der Waals surface area contributed by atoms with Crippen LogP contribution >= 0.6 is 0 Å². The summed E-state index contributed by atoms with van der Waals surface area (Å²) in [5.74, 6) is 0.0714. The van der Waals surface area contributed by atoms with Crippen molar-refractivity contribution in [3.63, 3.8) is 0 Å². The highest BCUT2D eigenvalue weighted by molar-refractivity contribution is 5.60. The van der Waals surface area contributed by atoms with Crippen LogP contribution in [0, 0.1) is 10.1 Å². The monoisotopic (exact) mass is 264 g/mol. The van der Waals surface area contributed by atoms with Gasteiger partial charge in [-0.05, 0) is 0 Å². The van der Waals surface area contributed by atoms with Crippen molar-refractivity contribution in [2.24, 2.45) is 0 Å². The molecule has 9 heteroatoms. The predicted octanol–water partition coefficient (Wildman–Crippen LogP) is 0.702. The summed E-state index contributed by atoms with van der Waals surface area (Å²) in [7, 11) is 1.32. The van der Waals surface area contributed by atoms with Gasteiger partial charge >= 0.3 is 5.69 Å². The third kappa shape index (κ3) is 2.94. The minimum atomic E-state index is -0.571. The van der Waals surface area contributed by atoms with E-state index in [0.717, 1.165) is 0 Å². The Morgan fingerprint density at radius 2 is 2.37 bits per heavy atom. The van der Waals surface area contributed by atoms with Crippen molar-refractivity contribution in [2.75, 3.05) is 19.0 Å². The number of rotatable bonds is 6. The summed E-state index contributed by atoms with van der Waals surface area (Å²) in [6, 6.07) is 0. The van der Waals surface area contributed by atoms with Crippen LogP contribution in [-0.4, -0.2) is 38.1 Å². The molecule has 0 unspecified atom stereocenters. The SMILES string of the molecule is COc1ncnc(NCCn2ccnc2)c1[N+](=O)[O-]. The molecule has 0 aliphatic carbocycles. The highest BCUT2D eigenvalue weighted by Gasteiger charge is 2.23. The minimum Gasteiger partial charge on any atom is -0.476 e. The van der Waals surface area contributed by atoms with Gasteiger partial charge in [-0.25, -0.2) is 9.97 Å². The zero-order valence-corrected chi connectivity index (χ0v) is 10.2. The summed E-state index contributed by atoms with van der Waals surface area (Å²) < 4.78 is 6.70. The summed E-state index contributed by atoms with van der Waals surface area (Å²) in [5, 5.41) is 13.9. The summed E-state index contributed by atoms with van der Waals surface area (Å²) in [6.07, 6.45) is 6.34. The van der Waals surface area contributed by atoms with Gasteiger partial charge in [0, 0.05) is 25.5 Å². The van der Waals surface area contributed by atoms with Crippen LogP contribution in [0.4, 0.5) is 11.5 Å². The molecular weight excluding hydrogens is 252 g/mol. The van der Waals surface area contributed by atoms with Crippen molar-refractivity contribution in [3.05, 3.63) is 35.2 Å². The number of methoxy groups -OCH3 is 1. The van der Waals surface area contributed by atoms with E-state index in [1.807, 2.05) is 4.57 Å². The maximum atomic E-state index is 11.0. The van der Waals surface area contributed by atoms with E-state index in [0.29, 0.717) is 13.1 Å². The fraction of sp³-hybridized carbons (Fsp3) is 0.300. The number of nitro groups is 1. The number of ether oxygens (including phenoxy) is 1. The van der Waals surface area contributed by atoms with Gasteiger partial charge < -0.3 is 14.6 Å². The lowest BCUT2D eigenvalue weighted by atomic mass is 10.4. The molecule has 19 heavy (non-hydrogen) atoms. The van der Waals surface area contributed by atoms with E-state index in [4.69, 9.17) is 4.74 Å². The first-order chi connectivity index (χ1) is 9.22. The highest BCUT2D eigenvalue weighted by atomic mass is 16.6. The molecule has 2 rings (SSSR count). The van der Waals surface area contributed by atoms with Crippen molar-refractivity contribution < 1.29 is 9.66 Å². The number of anilines is 1. The molecule has 0 saturated carbocycles. The normalized spacial score (nSPS) is 10.2. The number of imidazole rings is 1. The van der Waals surface area contributed by atoms with Crippen LogP contribution in [0.5, 0.6) is 5.88 Å². The maximum Gasteiger partial charge on any atom is 0.372 e. The maximum absolute atomic E-state index is 11.0. The van der Waals surface area contributed by atoms with E-state index in [2.05, 4.69) is 20.3 Å². The second-order valence-electron chi connectivity index (χ2n) is 3.56. The van der Waals surface area contributed by atoms with E-state index in [-0.39, 0.29) is 17.4 Å². The minimum absolute atomic E-state index is 0.0647. The molecule has 0 amide bonds. The first-order valence-corrected chi connectivity index (χ1v) is 5.45. The van der Waals surface area contributed by atoms with E-state index in [1.54, 1.807) is 18.7 Å². The molecule has 0 fully saturated rings. The van der Waals surface area contributed by atoms with Crippen LogP contribution in [0.25, 0.3) is 0 Å². The first-order valence-electron chi connectivity index (χ1n) is 5.45. The largest absolute Gasteiger partial charge is 0.476 e. The van der Waals surface area contributed by atoms with Gasteiger partial charge in [-0.3, -0.25) is 10.1 Å². The molecule has 2 aromatic rings. The van der Waals surface area contributed by atoms with Crippen LogP contribution in [0.2, 0.25) is 0 Å². The van der Waals surface area contributed by atoms with Crippen molar-refractivity contribution in [3.8, 4) is 5.88 Å². The van der Waals surface area contributed by atoms with Gasteiger partial charge in [0.05, 0.1) is 18.4 Å². The number of hydrogen-bond acceptors (Lipinski definition) is 7. The number of nitrogens with one attached hydrogen (secondary N) is 1. The zero-order valence-electron chi connectivity index (χ0n) is 10.2. The molecule has 2 aromatic heterocycles. The van der Waals surface area contributed by atoms with Gasteiger partial charge in [0.25, 0.3) is 5.88 Å². The van der Waals surface area contributed by atoms with Gasteiger partial charge in [0.2, 0.25) is 5.82 Å². The lowest BCUT2D eigenvalue weighted by molar-refractivity contribution is -0.385. The standard InChI is InChI=1S/C10H12N6O3/c1-19-10-8(16(17)18)9(13-6-14-10)12-3-5-15-4-2-11-7-15/h2,4,6-7H,3,5H2,1H3,(H,12,13,14). The Kier molecular flexibility index (Phi) is 3.86. The van der Waals surface area contributed by atoms with E-state index in [1.165, 1.54) is 13.4 Å². The van der Waals surface area contributed by atoms with Gasteiger partial charge in [0.15, 0.2) is 0 Å². The molecular formula is C10H12N6O3. The van der Waals surface area contributed by atoms with Crippen molar-refractivity contribution in [2.45, 2.75) is 6.54 Å². The molecule has 9 nitrogen and oxygen atoms in total. The topological polar surface area (TPSA) is 108 Å². The molecule has 2 heterocycles. The van der Waals surface area contributed by atoms with Gasteiger partial charge in [-0.1, -0.05) is 0 Å². The number of aromatic nitrogens is 4.